The number of Topliss-reactive ketones (excluding diaryl/α,β-unsaturated/α-hetero) is 1. The molecule has 3 heteroatoms. The predicted octanol–water partition coefficient (Wildman–Crippen LogP) is 2.52. The van der Waals surface area contributed by atoms with Gasteiger partial charge >= 0.3 is 0 Å². The molecule has 0 saturated heterocycles. The molecule has 86 valence electrons. The number of rotatable bonds is 3. The lowest BCUT2D eigenvalue weighted by atomic mass is 10.1. The average molecular weight is 226 g/mol. The van der Waals surface area contributed by atoms with Crippen LogP contribution in [-0.2, 0) is 6.42 Å². The highest BCUT2D eigenvalue weighted by Crippen LogP contribution is 2.10. The van der Waals surface area contributed by atoms with E-state index in [9.17, 15) is 4.79 Å². The Balaban J connectivity index is 2.21. The Kier molecular flexibility index (Phi) is 3.28. The zero-order valence-corrected chi connectivity index (χ0v) is 9.97. The zero-order valence-electron chi connectivity index (χ0n) is 9.97. The van der Waals surface area contributed by atoms with Gasteiger partial charge in [0.25, 0.3) is 0 Å². The molecule has 0 atom stereocenters. The number of carbonyl (C=O) groups is 1. The summed E-state index contributed by atoms with van der Waals surface area (Å²) in [5.41, 5.74) is 3.31. The molecule has 0 N–H and O–H groups in total. The van der Waals surface area contributed by atoms with E-state index in [2.05, 4.69) is 9.97 Å². The third-order valence-corrected chi connectivity index (χ3v) is 2.55. The minimum absolute atomic E-state index is 0.0150. The van der Waals surface area contributed by atoms with Crippen molar-refractivity contribution in [2.24, 2.45) is 0 Å². The van der Waals surface area contributed by atoms with Crippen molar-refractivity contribution in [3.63, 3.8) is 0 Å². The number of pyridine rings is 2. The smallest absolute Gasteiger partial charge is 0.187 e. The molecule has 2 aromatic rings. The van der Waals surface area contributed by atoms with Crippen molar-refractivity contribution in [2.75, 3.05) is 0 Å². The van der Waals surface area contributed by atoms with Crippen LogP contribution in [0.15, 0.2) is 36.7 Å². The SMILES string of the molecule is Cc1cnc(C(=O)Cc2ccccn2)c(C)c1. The van der Waals surface area contributed by atoms with E-state index >= 15 is 0 Å². The molecule has 0 unspecified atom stereocenters. The third kappa shape index (κ3) is 2.75. The Bertz CT molecular complexity index is 535. The van der Waals surface area contributed by atoms with E-state index in [0.717, 1.165) is 16.8 Å². The molecule has 17 heavy (non-hydrogen) atoms. The maximum Gasteiger partial charge on any atom is 0.187 e. The van der Waals surface area contributed by atoms with Gasteiger partial charge in [0.15, 0.2) is 5.78 Å². The van der Waals surface area contributed by atoms with Gasteiger partial charge in [-0.1, -0.05) is 12.1 Å². The minimum Gasteiger partial charge on any atom is -0.292 e. The van der Waals surface area contributed by atoms with Crippen LogP contribution in [0.5, 0.6) is 0 Å². The molecule has 2 heterocycles. The highest BCUT2D eigenvalue weighted by atomic mass is 16.1. The fraction of sp³-hybridized carbons (Fsp3) is 0.214. The first-order valence-corrected chi connectivity index (χ1v) is 5.53. The molecular weight excluding hydrogens is 212 g/mol. The van der Waals surface area contributed by atoms with E-state index in [0.29, 0.717) is 12.1 Å². The van der Waals surface area contributed by atoms with Gasteiger partial charge in [0.05, 0.1) is 6.42 Å². The lowest BCUT2D eigenvalue weighted by Crippen LogP contribution is -2.09. The van der Waals surface area contributed by atoms with E-state index < -0.39 is 0 Å². The number of hydrogen-bond donors (Lipinski definition) is 0. The Morgan fingerprint density at radius 2 is 2.06 bits per heavy atom. The van der Waals surface area contributed by atoms with Crippen LogP contribution in [0.3, 0.4) is 0 Å². The molecule has 0 aliphatic rings. The van der Waals surface area contributed by atoms with Crippen molar-refractivity contribution in [1.82, 2.24) is 9.97 Å². The Hall–Kier alpha value is -2.03. The van der Waals surface area contributed by atoms with Crippen LogP contribution in [0, 0.1) is 13.8 Å². The highest BCUT2D eigenvalue weighted by Gasteiger charge is 2.11. The first-order valence-electron chi connectivity index (χ1n) is 5.53. The van der Waals surface area contributed by atoms with E-state index in [1.165, 1.54) is 0 Å². The maximum absolute atomic E-state index is 12.0. The van der Waals surface area contributed by atoms with Crippen LogP contribution in [0.25, 0.3) is 0 Å². The molecule has 0 aliphatic heterocycles. The standard InChI is InChI=1S/C14H14N2O/c1-10-7-11(2)14(16-9-10)13(17)8-12-5-3-4-6-15-12/h3-7,9H,8H2,1-2H3. The van der Waals surface area contributed by atoms with Crippen molar-refractivity contribution < 1.29 is 4.79 Å². The van der Waals surface area contributed by atoms with Gasteiger partial charge in [-0.3, -0.25) is 14.8 Å². The lowest BCUT2D eigenvalue weighted by Gasteiger charge is -2.04. The molecule has 0 saturated carbocycles. The predicted molar refractivity (Wildman–Crippen MR) is 66.0 cm³/mol. The van der Waals surface area contributed by atoms with Gasteiger partial charge in [0, 0.05) is 18.1 Å². The molecule has 0 aromatic carbocycles. The molecule has 0 aliphatic carbocycles. The first kappa shape index (κ1) is 11.5. The van der Waals surface area contributed by atoms with Gasteiger partial charge < -0.3 is 0 Å². The number of ketones is 1. The summed E-state index contributed by atoms with van der Waals surface area (Å²) in [6, 6.07) is 7.54. The summed E-state index contributed by atoms with van der Waals surface area (Å²) in [5.74, 6) is 0.0150. The van der Waals surface area contributed by atoms with Crippen molar-refractivity contribution >= 4 is 5.78 Å². The Labute approximate surface area is 101 Å². The van der Waals surface area contributed by atoms with E-state index in [1.54, 1.807) is 12.4 Å². The van der Waals surface area contributed by atoms with Gasteiger partial charge in [-0.2, -0.15) is 0 Å². The molecule has 0 radical (unpaired) electrons. The summed E-state index contributed by atoms with van der Waals surface area (Å²) in [6.45, 7) is 3.87. The molecule has 0 amide bonds. The number of aryl methyl sites for hydroxylation is 2. The molecule has 0 bridgehead atoms. The molecule has 2 rings (SSSR count). The summed E-state index contributed by atoms with van der Waals surface area (Å²) < 4.78 is 0. The topological polar surface area (TPSA) is 42.9 Å². The second kappa shape index (κ2) is 4.87. The van der Waals surface area contributed by atoms with Crippen molar-refractivity contribution in [1.29, 1.82) is 0 Å². The fourth-order valence-corrected chi connectivity index (χ4v) is 1.76. The van der Waals surface area contributed by atoms with Crippen LogP contribution in [0.1, 0.15) is 27.3 Å². The Morgan fingerprint density at radius 3 is 2.71 bits per heavy atom. The zero-order chi connectivity index (χ0) is 12.3. The van der Waals surface area contributed by atoms with Crippen molar-refractivity contribution in [2.45, 2.75) is 20.3 Å². The second-order valence-corrected chi connectivity index (χ2v) is 4.10. The van der Waals surface area contributed by atoms with Crippen molar-refractivity contribution in [3.05, 3.63) is 59.2 Å². The van der Waals surface area contributed by atoms with Crippen LogP contribution in [-0.4, -0.2) is 15.8 Å². The Morgan fingerprint density at radius 1 is 1.24 bits per heavy atom. The molecular formula is C14H14N2O. The van der Waals surface area contributed by atoms with Crippen LogP contribution < -0.4 is 0 Å². The van der Waals surface area contributed by atoms with Gasteiger partial charge in [-0.15, -0.1) is 0 Å². The largest absolute Gasteiger partial charge is 0.292 e. The summed E-state index contributed by atoms with van der Waals surface area (Å²) >= 11 is 0. The van der Waals surface area contributed by atoms with Gasteiger partial charge in [0.1, 0.15) is 5.69 Å². The van der Waals surface area contributed by atoms with Crippen LogP contribution in [0.4, 0.5) is 0 Å². The quantitative estimate of drug-likeness (QED) is 0.755. The number of hydrogen-bond acceptors (Lipinski definition) is 3. The third-order valence-electron chi connectivity index (χ3n) is 2.55. The summed E-state index contributed by atoms with van der Waals surface area (Å²) in [6.07, 6.45) is 3.72. The van der Waals surface area contributed by atoms with Gasteiger partial charge in [-0.05, 0) is 37.1 Å². The highest BCUT2D eigenvalue weighted by molar-refractivity contribution is 5.96. The van der Waals surface area contributed by atoms with E-state index in [1.807, 2.05) is 38.1 Å². The number of aromatic nitrogens is 2. The summed E-state index contributed by atoms with van der Waals surface area (Å²) in [5, 5.41) is 0. The van der Waals surface area contributed by atoms with Crippen LogP contribution in [0.2, 0.25) is 0 Å². The minimum atomic E-state index is 0.0150. The van der Waals surface area contributed by atoms with Crippen LogP contribution >= 0.6 is 0 Å². The monoisotopic (exact) mass is 226 g/mol. The number of nitrogens with zero attached hydrogens (tertiary/aromatic N) is 2. The molecule has 0 spiro atoms. The second-order valence-electron chi connectivity index (χ2n) is 4.10. The van der Waals surface area contributed by atoms with Gasteiger partial charge in [0.2, 0.25) is 0 Å². The summed E-state index contributed by atoms with van der Waals surface area (Å²) in [4.78, 5) is 20.4. The normalized spacial score (nSPS) is 10.2. The van der Waals surface area contributed by atoms with E-state index in [4.69, 9.17) is 0 Å². The lowest BCUT2D eigenvalue weighted by molar-refractivity contribution is 0.0986. The number of carbonyl (C=O) groups excluding carboxylic acids is 1. The average Bonchev–Trinajstić information content (AvgIpc) is 2.30. The molecule has 3 nitrogen and oxygen atoms in total. The molecule has 0 fully saturated rings. The molecule has 2 aromatic heterocycles. The van der Waals surface area contributed by atoms with Crippen molar-refractivity contribution in [3.8, 4) is 0 Å². The fourth-order valence-electron chi connectivity index (χ4n) is 1.76. The first-order chi connectivity index (χ1) is 8.16. The summed E-state index contributed by atoms with van der Waals surface area (Å²) in [7, 11) is 0. The van der Waals surface area contributed by atoms with Gasteiger partial charge in [-0.25, -0.2) is 0 Å². The maximum atomic E-state index is 12.0. The van der Waals surface area contributed by atoms with E-state index in [-0.39, 0.29) is 5.78 Å².